The van der Waals surface area contributed by atoms with E-state index in [9.17, 15) is 9.59 Å². The molecule has 156 valence electrons. The maximum absolute atomic E-state index is 13.0. The van der Waals surface area contributed by atoms with E-state index in [1.807, 2.05) is 43.3 Å². The predicted molar refractivity (Wildman–Crippen MR) is 116 cm³/mol. The highest BCUT2D eigenvalue weighted by Gasteiger charge is 2.26. The average molecular weight is 417 g/mol. The van der Waals surface area contributed by atoms with Gasteiger partial charge >= 0.3 is 0 Å². The van der Waals surface area contributed by atoms with Crippen molar-refractivity contribution in [3.05, 3.63) is 64.7 Å². The molecule has 0 saturated heterocycles. The second-order valence-corrected chi connectivity index (χ2v) is 7.51. The zero-order chi connectivity index (χ0) is 21.2. The summed E-state index contributed by atoms with van der Waals surface area (Å²) in [7, 11) is 0. The van der Waals surface area contributed by atoms with Gasteiger partial charge in [-0.1, -0.05) is 49.2 Å². The number of hydrogen-bond acceptors (Lipinski definition) is 3. The molecular formula is C23H29ClN2O3. The SMILES string of the molecule is CCCCNC(=O)[C@H](C)N(Cc1cccc(Cl)c1)C(=O)COc1cccc(C)c1. The Hall–Kier alpha value is -2.53. The number of amides is 2. The molecule has 6 heteroatoms. The minimum absolute atomic E-state index is 0.142. The standard InChI is InChI=1S/C23H29ClN2O3/c1-4-5-12-25-23(28)18(3)26(15-19-9-7-10-20(24)14-19)22(27)16-29-21-11-6-8-17(2)13-21/h6-11,13-14,18H,4-5,12,15-16H2,1-3H3,(H,25,28)/t18-/m0/s1. The number of halogens is 1. The lowest BCUT2D eigenvalue weighted by Gasteiger charge is -2.29. The molecule has 1 N–H and O–H groups in total. The van der Waals surface area contributed by atoms with E-state index in [4.69, 9.17) is 16.3 Å². The fourth-order valence-corrected chi connectivity index (χ4v) is 3.10. The zero-order valence-corrected chi connectivity index (χ0v) is 18.0. The van der Waals surface area contributed by atoms with E-state index in [1.54, 1.807) is 19.1 Å². The lowest BCUT2D eigenvalue weighted by Crippen LogP contribution is -2.49. The van der Waals surface area contributed by atoms with Crippen LogP contribution in [0.25, 0.3) is 0 Å². The molecule has 5 nitrogen and oxygen atoms in total. The highest BCUT2D eigenvalue weighted by atomic mass is 35.5. The van der Waals surface area contributed by atoms with Gasteiger partial charge in [-0.15, -0.1) is 0 Å². The third-order valence-electron chi connectivity index (χ3n) is 4.59. The number of ether oxygens (including phenoxy) is 1. The summed E-state index contributed by atoms with van der Waals surface area (Å²) >= 11 is 6.08. The molecule has 0 heterocycles. The lowest BCUT2D eigenvalue weighted by molar-refractivity contribution is -0.142. The first-order valence-electron chi connectivity index (χ1n) is 9.91. The Morgan fingerprint density at radius 3 is 2.62 bits per heavy atom. The Morgan fingerprint density at radius 1 is 1.17 bits per heavy atom. The second kappa shape index (κ2) is 11.5. The van der Waals surface area contributed by atoms with E-state index in [-0.39, 0.29) is 25.0 Å². The molecule has 2 aromatic carbocycles. The number of aryl methyl sites for hydroxylation is 1. The van der Waals surface area contributed by atoms with Crippen LogP contribution in [0.15, 0.2) is 48.5 Å². The molecule has 1 atom stereocenters. The van der Waals surface area contributed by atoms with E-state index in [2.05, 4.69) is 12.2 Å². The molecule has 0 fully saturated rings. The van der Waals surface area contributed by atoms with Crippen LogP contribution < -0.4 is 10.1 Å². The topological polar surface area (TPSA) is 58.6 Å². The van der Waals surface area contributed by atoms with Gasteiger partial charge in [0.15, 0.2) is 6.61 Å². The Kier molecular flexibility index (Phi) is 9.00. The minimum Gasteiger partial charge on any atom is -0.484 e. The van der Waals surface area contributed by atoms with Crippen molar-refractivity contribution in [1.29, 1.82) is 0 Å². The van der Waals surface area contributed by atoms with Crippen LogP contribution in [0.4, 0.5) is 0 Å². The van der Waals surface area contributed by atoms with E-state index in [0.717, 1.165) is 24.0 Å². The van der Waals surface area contributed by atoms with E-state index < -0.39 is 6.04 Å². The van der Waals surface area contributed by atoms with Gasteiger partial charge in [0.05, 0.1) is 0 Å². The van der Waals surface area contributed by atoms with Gasteiger partial charge in [0, 0.05) is 18.1 Å². The van der Waals surface area contributed by atoms with Gasteiger partial charge in [-0.05, 0) is 55.7 Å². The quantitative estimate of drug-likeness (QED) is 0.585. The number of carbonyl (C=O) groups is 2. The Bertz CT molecular complexity index is 825. The number of nitrogens with zero attached hydrogens (tertiary/aromatic N) is 1. The summed E-state index contributed by atoms with van der Waals surface area (Å²) in [6, 6.07) is 14.2. The van der Waals surface area contributed by atoms with Crippen molar-refractivity contribution in [3.8, 4) is 5.75 Å². The van der Waals surface area contributed by atoms with Crippen LogP contribution in [0.1, 0.15) is 37.8 Å². The summed E-state index contributed by atoms with van der Waals surface area (Å²) in [5, 5.41) is 3.49. The molecule has 29 heavy (non-hydrogen) atoms. The van der Waals surface area contributed by atoms with E-state index in [1.165, 1.54) is 4.90 Å². The van der Waals surface area contributed by atoms with Crippen LogP contribution in [0.3, 0.4) is 0 Å². The molecule has 0 spiro atoms. The number of carbonyl (C=O) groups excluding carboxylic acids is 2. The summed E-state index contributed by atoms with van der Waals surface area (Å²) in [6.45, 7) is 6.49. The van der Waals surface area contributed by atoms with Crippen molar-refractivity contribution < 1.29 is 14.3 Å². The fraction of sp³-hybridized carbons (Fsp3) is 0.391. The largest absolute Gasteiger partial charge is 0.484 e. The molecule has 0 saturated carbocycles. The van der Waals surface area contributed by atoms with Crippen molar-refractivity contribution >= 4 is 23.4 Å². The minimum atomic E-state index is -0.626. The number of rotatable bonds is 10. The lowest BCUT2D eigenvalue weighted by atomic mass is 10.1. The van der Waals surface area contributed by atoms with Gasteiger partial charge in [-0.3, -0.25) is 9.59 Å². The van der Waals surface area contributed by atoms with Crippen molar-refractivity contribution in [2.45, 2.75) is 46.2 Å². The van der Waals surface area contributed by atoms with Crippen LogP contribution in [0.5, 0.6) is 5.75 Å². The first kappa shape index (κ1) is 22.8. The van der Waals surface area contributed by atoms with Crippen LogP contribution in [-0.2, 0) is 16.1 Å². The molecular weight excluding hydrogens is 388 g/mol. The van der Waals surface area contributed by atoms with Gasteiger partial charge in [-0.25, -0.2) is 0 Å². The third kappa shape index (κ3) is 7.42. The van der Waals surface area contributed by atoms with Crippen molar-refractivity contribution in [2.24, 2.45) is 0 Å². The molecule has 0 unspecified atom stereocenters. The number of nitrogens with one attached hydrogen (secondary N) is 1. The Labute approximate surface area is 178 Å². The van der Waals surface area contributed by atoms with Crippen LogP contribution in [0, 0.1) is 6.92 Å². The predicted octanol–water partition coefficient (Wildman–Crippen LogP) is 4.36. The maximum Gasteiger partial charge on any atom is 0.261 e. The number of hydrogen-bond donors (Lipinski definition) is 1. The molecule has 0 aliphatic rings. The number of benzene rings is 2. The Morgan fingerprint density at radius 2 is 1.93 bits per heavy atom. The van der Waals surface area contributed by atoms with Gasteiger partial charge in [0.25, 0.3) is 5.91 Å². The summed E-state index contributed by atoms with van der Waals surface area (Å²) < 4.78 is 5.67. The highest BCUT2D eigenvalue weighted by Crippen LogP contribution is 2.16. The van der Waals surface area contributed by atoms with Crippen molar-refractivity contribution in [1.82, 2.24) is 10.2 Å². The molecule has 0 radical (unpaired) electrons. The first-order valence-corrected chi connectivity index (χ1v) is 10.3. The summed E-state index contributed by atoms with van der Waals surface area (Å²) in [6.07, 6.45) is 1.89. The molecule has 2 amide bonds. The van der Waals surface area contributed by atoms with Crippen LogP contribution in [0.2, 0.25) is 5.02 Å². The maximum atomic E-state index is 13.0. The van der Waals surface area contributed by atoms with E-state index >= 15 is 0 Å². The van der Waals surface area contributed by atoms with Crippen LogP contribution >= 0.6 is 11.6 Å². The monoisotopic (exact) mass is 416 g/mol. The molecule has 2 rings (SSSR count). The van der Waals surface area contributed by atoms with Gasteiger partial charge in [0.2, 0.25) is 5.91 Å². The van der Waals surface area contributed by atoms with Gasteiger partial charge < -0.3 is 15.0 Å². The van der Waals surface area contributed by atoms with Gasteiger partial charge in [-0.2, -0.15) is 0 Å². The first-order chi connectivity index (χ1) is 13.9. The summed E-state index contributed by atoms with van der Waals surface area (Å²) in [5.74, 6) is 0.190. The van der Waals surface area contributed by atoms with Gasteiger partial charge in [0.1, 0.15) is 11.8 Å². The molecule has 0 aromatic heterocycles. The van der Waals surface area contributed by atoms with Crippen LogP contribution in [-0.4, -0.2) is 35.9 Å². The number of unbranched alkanes of at least 4 members (excludes halogenated alkanes) is 1. The smallest absolute Gasteiger partial charge is 0.261 e. The molecule has 0 aliphatic heterocycles. The summed E-state index contributed by atoms with van der Waals surface area (Å²) in [4.78, 5) is 27.1. The molecule has 2 aromatic rings. The Balaban J connectivity index is 2.11. The summed E-state index contributed by atoms with van der Waals surface area (Å²) in [5.41, 5.74) is 1.91. The second-order valence-electron chi connectivity index (χ2n) is 7.08. The van der Waals surface area contributed by atoms with Crippen molar-refractivity contribution in [3.63, 3.8) is 0 Å². The molecule has 0 aliphatic carbocycles. The molecule has 0 bridgehead atoms. The third-order valence-corrected chi connectivity index (χ3v) is 4.83. The highest BCUT2D eigenvalue weighted by molar-refractivity contribution is 6.30. The van der Waals surface area contributed by atoms with Crippen molar-refractivity contribution in [2.75, 3.05) is 13.2 Å². The fourth-order valence-electron chi connectivity index (χ4n) is 2.88. The van der Waals surface area contributed by atoms with E-state index in [0.29, 0.717) is 17.3 Å². The zero-order valence-electron chi connectivity index (χ0n) is 17.3. The normalized spacial score (nSPS) is 11.6. The average Bonchev–Trinajstić information content (AvgIpc) is 2.70.